The minimum atomic E-state index is -0.0296. The summed E-state index contributed by atoms with van der Waals surface area (Å²) in [5, 5.41) is 0. The fourth-order valence-corrected chi connectivity index (χ4v) is 3.46. The average molecular weight is 332 g/mol. The minimum absolute atomic E-state index is 0.0296. The Morgan fingerprint density at radius 2 is 1.79 bits per heavy atom. The normalized spacial score (nSPS) is 20.1. The molecule has 0 aliphatic carbocycles. The van der Waals surface area contributed by atoms with Gasteiger partial charge in [-0.2, -0.15) is 0 Å². The van der Waals surface area contributed by atoms with Crippen LogP contribution in [0.15, 0.2) is 24.3 Å². The summed E-state index contributed by atoms with van der Waals surface area (Å²) in [7, 11) is 0. The van der Waals surface area contributed by atoms with E-state index in [0.717, 1.165) is 58.8 Å². The van der Waals surface area contributed by atoms with Crippen LogP contribution in [0.2, 0.25) is 0 Å². The third-order valence-electron chi connectivity index (χ3n) is 4.93. The average Bonchev–Trinajstić information content (AvgIpc) is 2.64. The van der Waals surface area contributed by atoms with Gasteiger partial charge in [0.2, 0.25) is 0 Å². The van der Waals surface area contributed by atoms with Crippen LogP contribution in [-0.4, -0.2) is 56.9 Å². The Morgan fingerprint density at radius 3 is 2.42 bits per heavy atom. The van der Waals surface area contributed by atoms with Crippen LogP contribution in [0.5, 0.6) is 0 Å². The summed E-state index contributed by atoms with van der Waals surface area (Å²) in [5.74, 6) is 0.0415. The van der Waals surface area contributed by atoms with E-state index < -0.39 is 0 Å². The summed E-state index contributed by atoms with van der Waals surface area (Å²) >= 11 is 0. The number of benzene rings is 1. The molecule has 0 amide bonds. The highest BCUT2D eigenvalue weighted by atomic mass is 16.5. The lowest BCUT2D eigenvalue weighted by Crippen LogP contribution is -2.37. The Bertz CT molecular complexity index is 518. The zero-order chi connectivity index (χ0) is 16.8. The Morgan fingerprint density at radius 1 is 1.12 bits per heavy atom. The number of nitrogens with zero attached hydrogens (tertiary/aromatic N) is 2. The molecule has 0 unspecified atom stereocenters. The quantitative estimate of drug-likeness (QED) is 0.774. The van der Waals surface area contributed by atoms with Crippen LogP contribution in [0.3, 0.4) is 0 Å². The molecule has 3 rings (SSSR count). The van der Waals surface area contributed by atoms with E-state index in [0.29, 0.717) is 6.61 Å². The molecule has 2 heterocycles. The Balaban J connectivity index is 1.50. The molecule has 0 bridgehead atoms. The van der Waals surface area contributed by atoms with Gasteiger partial charge in [0, 0.05) is 38.4 Å². The Kier molecular flexibility index (Phi) is 6.10. The van der Waals surface area contributed by atoms with Crippen LogP contribution in [0.4, 0.5) is 5.69 Å². The molecule has 132 valence electrons. The van der Waals surface area contributed by atoms with Crippen LogP contribution < -0.4 is 4.90 Å². The zero-order valence-corrected chi connectivity index (χ0v) is 14.6. The van der Waals surface area contributed by atoms with Crippen LogP contribution in [-0.2, 0) is 20.8 Å². The molecular weight excluding hydrogens is 304 g/mol. The standard InChI is InChI=1S/C19H28N2O3/c1-2-24-19(22)17-7-9-21(10-8-17)18-5-3-16(4-6-18)15-20-11-13-23-14-12-20/h3-6,17H,2,7-15H2,1H3. The molecule has 0 atom stereocenters. The van der Waals surface area contributed by atoms with E-state index in [9.17, 15) is 4.79 Å². The molecule has 24 heavy (non-hydrogen) atoms. The first kappa shape index (κ1) is 17.2. The predicted octanol–water partition coefficient (Wildman–Crippen LogP) is 2.30. The molecule has 5 heteroatoms. The molecule has 0 aromatic heterocycles. The van der Waals surface area contributed by atoms with Crippen molar-refractivity contribution in [3.05, 3.63) is 29.8 Å². The summed E-state index contributed by atoms with van der Waals surface area (Å²) in [6.07, 6.45) is 1.77. The topological polar surface area (TPSA) is 42.0 Å². The van der Waals surface area contributed by atoms with Crippen LogP contribution >= 0.6 is 0 Å². The number of carbonyl (C=O) groups excluding carboxylic acids is 1. The van der Waals surface area contributed by atoms with Crippen molar-refractivity contribution in [1.82, 2.24) is 4.90 Å². The maximum Gasteiger partial charge on any atom is 0.309 e. The molecular formula is C19H28N2O3. The van der Waals surface area contributed by atoms with E-state index in [1.54, 1.807) is 0 Å². The van der Waals surface area contributed by atoms with Crippen molar-refractivity contribution in [1.29, 1.82) is 0 Å². The van der Waals surface area contributed by atoms with Crippen LogP contribution in [0.1, 0.15) is 25.3 Å². The van der Waals surface area contributed by atoms with Gasteiger partial charge in [0.05, 0.1) is 25.7 Å². The zero-order valence-electron chi connectivity index (χ0n) is 14.6. The SMILES string of the molecule is CCOC(=O)C1CCN(c2ccc(CN3CCOCC3)cc2)CC1. The summed E-state index contributed by atoms with van der Waals surface area (Å²) in [6.45, 7) is 8.90. The largest absolute Gasteiger partial charge is 0.466 e. The number of esters is 1. The molecule has 0 radical (unpaired) electrons. The summed E-state index contributed by atoms with van der Waals surface area (Å²) in [6, 6.07) is 8.87. The van der Waals surface area contributed by atoms with Crippen LogP contribution in [0, 0.1) is 5.92 Å². The van der Waals surface area contributed by atoms with Gasteiger partial charge in [-0.05, 0) is 37.5 Å². The van der Waals surface area contributed by atoms with Crippen molar-refractivity contribution < 1.29 is 14.3 Å². The van der Waals surface area contributed by atoms with E-state index in [2.05, 4.69) is 34.1 Å². The van der Waals surface area contributed by atoms with E-state index in [4.69, 9.17) is 9.47 Å². The number of hydrogen-bond acceptors (Lipinski definition) is 5. The van der Waals surface area contributed by atoms with Gasteiger partial charge in [0.15, 0.2) is 0 Å². The fraction of sp³-hybridized carbons (Fsp3) is 0.632. The monoisotopic (exact) mass is 332 g/mol. The molecule has 0 N–H and O–H groups in total. The molecule has 5 nitrogen and oxygen atoms in total. The molecule has 2 saturated heterocycles. The highest BCUT2D eigenvalue weighted by molar-refractivity contribution is 5.72. The number of rotatable bonds is 5. The van der Waals surface area contributed by atoms with Gasteiger partial charge in [-0.15, -0.1) is 0 Å². The lowest BCUT2D eigenvalue weighted by Gasteiger charge is -2.32. The molecule has 1 aromatic rings. The number of morpholine rings is 1. The molecule has 2 aliphatic heterocycles. The second-order valence-corrected chi connectivity index (χ2v) is 6.57. The van der Waals surface area contributed by atoms with Gasteiger partial charge >= 0.3 is 5.97 Å². The third-order valence-corrected chi connectivity index (χ3v) is 4.93. The van der Waals surface area contributed by atoms with E-state index in [1.165, 1.54) is 11.3 Å². The summed E-state index contributed by atoms with van der Waals surface area (Å²) in [5.41, 5.74) is 2.60. The second kappa shape index (κ2) is 8.49. The van der Waals surface area contributed by atoms with Gasteiger partial charge < -0.3 is 14.4 Å². The fourth-order valence-electron chi connectivity index (χ4n) is 3.46. The molecule has 0 spiro atoms. The summed E-state index contributed by atoms with van der Waals surface area (Å²) < 4.78 is 10.5. The van der Waals surface area contributed by atoms with E-state index in [-0.39, 0.29) is 11.9 Å². The molecule has 2 aliphatic rings. The van der Waals surface area contributed by atoms with Crippen molar-refractivity contribution in [3.8, 4) is 0 Å². The minimum Gasteiger partial charge on any atom is -0.466 e. The molecule has 1 aromatic carbocycles. The lowest BCUT2D eigenvalue weighted by molar-refractivity contribution is -0.148. The number of piperidine rings is 1. The van der Waals surface area contributed by atoms with Crippen molar-refractivity contribution in [2.24, 2.45) is 5.92 Å². The first-order valence-corrected chi connectivity index (χ1v) is 9.07. The first-order chi connectivity index (χ1) is 11.8. The van der Waals surface area contributed by atoms with Gasteiger partial charge in [-0.25, -0.2) is 0 Å². The summed E-state index contributed by atoms with van der Waals surface area (Å²) in [4.78, 5) is 16.6. The van der Waals surface area contributed by atoms with Crippen LogP contribution in [0.25, 0.3) is 0 Å². The number of hydrogen-bond donors (Lipinski definition) is 0. The maximum atomic E-state index is 11.8. The molecule has 2 fully saturated rings. The van der Waals surface area contributed by atoms with Crippen molar-refractivity contribution in [2.75, 3.05) is 50.9 Å². The Hall–Kier alpha value is -1.59. The highest BCUT2D eigenvalue weighted by Crippen LogP contribution is 2.24. The lowest BCUT2D eigenvalue weighted by atomic mass is 9.96. The van der Waals surface area contributed by atoms with Crippen molar-refractivity contribution in [2.45, 2.75) is 26.3 Å². The highest BCUT2D eigenvalue weighted by Gasteiger charge is 2.26. The van der Waals surface area contributed by atoms with Crippen molar-refractivity contribution in [3.63, 3.8) is 0 Å². The first-order valence-electron chi connectivity index (χ1n) is 9.07. The smallest absolute Gasteiger partial charge is 0.309 e. The number of anilines is 1. The Labute approximate surface area is 144 Å². The van der Waals surface area contributed by atoms with Gasteiger partial charge in [0.1, 0.15) is 0 Å². The second-order valence-electron chi connectivity index (χ2n) is 6.57. The van der Waals surface area contributed by atoms with Gasteiger partial charge in [-0.1, -0.05) is 12.1 Å². The van der Waals surface area contributed by atoms with Gasteiger partial charge in [-0.3, -0.25) is 9.69 Å². The molecule has 0 saturated carbocycles. The third kappa shape index (κ3) is 4.48. The van der Waals surface area contributed by atoms with Gasteiger partial charge in [0.25, 0.3) is 0 Å². The van der Waals surface area contributed by atoms with E-state index in [1.807, 2.05) is 6.92 Å². The number of ether oxygens (including phenoxy) is 2. The maximum absolute atomic E-state index is 11.8. The van der Waals surface area contributed by atoms with Crippen molar-refractivity contribution >= 4 is 11.7 Å². The predicted molar refractivity (Wildman–Crippen MR) is 94.1 cm³/mol. The number of carbonyl (C=O) groups is 1. The van der Waals surface area contributed by atoms with E-state index >= 15 is 0 Å².